The molecule has 1 aromatic rings. The fourth-order valence-corrected chi connectivity index (χ4v) is 2.24. The van der Waals surface area contributed by atoms with Gasteiger partial charge in [0.05, 0.1) is 0 Å². The topological polar surface area (TPSA) is 35.5 Å². The van der Waals surface area contributed by atoms with E-state index in [1.807, 2.05) is 0 Å². The van der Waals surface area contributed by atoms with Crippen LogP contribution in [0.2, 0.25) is 0 Å². The highest BCUT2D eigenvalue weighted by atomic mass is 16.3. The first kappa shape index (κ1) is 12.4. The molecule has 0 aliphatic carbocycles. The Hall–Kier alpha value is -1.06. The molecule has 0 amide bonds. The van der Waals surface area contributed by atoms with Crippen molar-refractivity contribution in [2.45, 2.75) is 25.8 Å². The summed E-state index contributed by atoms with van der Waals surface area (Å²) < 4.78 is 0. The van der Waals surface area contributed by atoms with Gasteiger partial charge in [-0.25, -0.2) is 0 Å². The summed E-state index contributed by atoms with van der Waals surface area (Å²) in [6.07, 6.45) is 3.47. The van der Waals surface area contributed by atoms with Gasteiger partial charge in [0.15, 0.2) is 0 Å². The molecule has 3 heteroatoms. The molecule has 2 rings (SSSR count). The van der Waals surface area contributed by atoms with Crippen LogP contribution in [0.1, 0.15) is 24.8 Å². The number of rotatable bonds is 6. The maximum Gasteiger partial charge on any atom is 0.0443 e. The second kappa shape index (κ2) is 6.62. The molecule has 3 nitrogen and oxygen atoms in total. The fourth-order valence-electron chi connectivity index (χ4n) is 2.24. The van der Waals surface area contributed by atoms with E-state index in [4.69, 9.17) is 5.11 Å². The Bertz CT molecular complexity index is 317. The summed E-state index contributed by atoms with van der Waals surface area (Å²) in [4.78, 5) is 2.45. The summed E-state index contributed by atoms with van der Waals surface area (Å²) in [6, 6.07) is 8.82. The average Bonchev–Trinajstić information content (AvgIpc) is 2.89. The van der Waals surface area contributed by atoms with Gasteiger partial charge in [0.1, 0.15) is 0 Å². The van der Waals surface area contributed by atoms with Crippen LogP contribution in [-0.2, 0) is 6.54 Å². The highest BCUT2D eigenvalue weighted by Gasteiger charge is 2.11. The zero-order chi connectivity index (χ0) is 11.9. The number of anilines is 1. The van der Waals surface area contributed by atoms with Crippen LogP contribution in [0.25, 0.3) is 0 Å². The van der Waals surface area contributed by atoms with E-state index in [1.165, 1.54) is 37.2 Å². The molecule has 17 heavy (non-hydrogen) atoms. The normalized spacial score (nSPS) is 15.5. The maximum absolute atomic E-state index is 8.68. The predicted octanol–water partition coefficient (Wildman–Crippen LogP) is 1.76. The second-order valence-corrected chi connectivity index (χ2v) is 4.61. The molecule has 1 aliphatic heterocycles. The van der Waals surface area contributed by atoms with Gasteiger partial charge in [-0.15, -0.1) is 0 Å². The molecule has 0 bridgehead atoms. The van der Waals surface area contributed by atoms with Crippen molar-refractivity contribution in [1.29, 1.82) is 0 Å². The van der Waals surface area contributed by atoms with Gasteiger partial charge in [-0.3, -0.25) is 0 Å². The summed E-state index contributed by atoms with van der Waals surface area (Å²) >= 11 is 0. The lowest BCUT2D eigenvalue weighted by Crippen LogP contribution is -2.18. The fraction of sp³-hybridized carbons (Fsp3) is 0.571. The minimum absolute atomic E-state index is 0.265. The lowest BCUT2D eigenvalue weighted by molar-refractivity contribution is 0.286. The standard InChI is InChI=1S/C14H22N2O/c17-11-3-8-15-12-13-4-6-14(7-5-13)16-9-1-2-10-16/h4-7,15,17H,1-3,8-12H2. The van der Waals surface area contributed by atoms with Crippen LogP contribution in [0.5, 0.6) is 0 Å². The van der Waals surface area contributed by atoms with E-state index in [2.05, 4.69) is 34.5 Å². The van der Waals surface area contributed by atoms with E-state index in [-0.39, 0.29) is 6.61 Å². The molecule has 1 aliphatic rings. The van der Waals surface area contributed by atoms with Gasteiger partial charge in [-0.2, -0.15) is 0 Å². The Kier molecular flexibility index (Phi) is 4.83. The van der Waals surface area contributed by atoms with Crippen LogP contribution in [0.3, 0.4) is 0 Å². The van der Waals surface area contributed by atoms with E-state index in [9.17, 15) is 0 Å². The number of hydrogen-bond donors (Lipinski definition) is 2. The van der Waals surface area contributed by atoms with Crippen molar-refractivity contribution >= 4 is 5.69 Å². The molecule has 2 N–H and O–H groups in total. The SMILES string of the molecule is OCCCNCc1ccc(N2CCCC2)cc1. The molecular formula is C14H22N2O. The smallest absolute Gasteiger partial charge is 0.0443 e. The largest absolute Gasteiger partial charge is 0.396 e. The number of nitrogens with one attached hydrogen (secondary N) is 1. The second-order valence-electron chi connectivity index (χ2n) is 4.61. The Labute approximate surface area is 103 Å². The highest BCUT2D eigenvalue weighted by molar-refractivity contribution is 5.48. The third kappa shape index (κ3) is 3.72. The van der Waals surface area contributed by atoms with Gasteiger partial charge < -0.3 is 15.3 Å². The summed E-state index contributed by atoms with van der Waals surface area (Å²) in [7, 11) is 0. The Morgan fingerprint density at radius 1 is 1.12 bits per heavy atom. The van der Waals surface area contributed by atoms with Gasteiger partial charge in [0, 0.05) is 31.9 Å². The zero-order valence-electron chi connectivity index (χ0n) is 10.4. The van der Waals surface area contributed by atoms with Gasteiger partial charge >= 0.3 is 0 Å². The summed E-state index contributed by atoms with van der Waals surface area (Å²) in [6.45, 7) is 4.44. The molecule has 0 unspecified atom stereocenters. The summed E-state index contributed by atoms with van der Waals surface area (Å²) in [5, 5.41) is 12.0. The van der Waals surface area contributed by atoms with Crippen molar-refractivity contribution in [1.82, 2.24) is 5.32 Å². The molecule has 0 atom stereocenters. The first-order valence-electron chi connectivity index (χ1n) is 6.55. The Balaban J connectivity index is 1.80. The quantitative estimate of drug-likeness (QED) is 0.736. The van der Waals surface area contributed by atoms with Crippen molar-refractivity contribution in [3.8, 4) is 0 Å². The van der Waals surface area contributed by atoms with Crippen LogP contribution >= 0.6 is 0 Å². The molecule has 1 fully saturated rings. The summed E-state index contributed by atoms with van der Waals surface area (Å²) in [5.41, 5.74) is 2.66. The first-order chi connectivity index (χ1) is 8.40. The maximum atomic E-state index is 8.68. The Morgan fingerprint density at radius 2 is 1.82 bits per heavy atom. The van der Waals surface area contributed by atoms with Crippen LogP contribution in [0, 0.1) is 0 Å². The predicted molar refractivity (Wildman–Crippen MR) is 71.3 cm³/mol. The molecule has 0 spiro atoms. The van der Waals surface area contributed by atoms with Gasteiger partial charge in [0.2, 0.25) is 0 Å². The molecule has 94 valence electrons. The number of aliphatic hydroxyl groups excluding tert-OH is 1. The molecule has 0 aromatic heterocycles. The number of benzene rings is 1. The van der Waals surface area contributed by atoms with Crippen molar-refractivity contribution in [3.05, 3.63) is 29.8 Å². The van der Waals surface area contributed by atoms with E-state index < -0.39 is 0 Å². The molecular weight excluding hydrogens is 212 g/mol. The summed E-state index contributed by atoms with van der Waals surface area (Å²) in [5.74, 6) is 0. The molecule has 0 radical (unpaired) electrons. The number of hydrogen-bond acceptors (Lipinski definition) is 3. The zero-order valence-corrected chi connectivity index (χ0v) is 10.4. The molecule has 0 saturated carbocycles. The number of aliphatic hydroxyl groups is 1. The van der Waals surface area contributed by atoms with E-state index >= 15 is 0 Å². The number of nitrogens with zero attached hydrogens (tertiary/aromatic N) is 1. The van der Waals surface area contributed by atoms with Crippen LogP contribution < -0.4 is 10.2 Å². The van der Waals surface area contributed by atoms with E-state index in [1.54, 1.807) is 0 Å². The molecule has 1 aromatic carbocycles. The monoisotopic (exact) mass is 234 g/mol. The third-order valence-corrected chi connectivity index (χ3v) is 3.25. The minimum atomic E-state index is 0.265. The van der Waals surface area contributed by atoms with Gasteiger partial charge in [-0.05, 0) is 43.5 Å². The third-order valence-electron chi connectivity index (χ3n) is 3.25. The lowest BCUT2D eigenvalue weighted by Gasteiger charge is -2.17. The molecule has 1 saturated heterocycles. The van der Waals surface area contributed by atoms with Crippen LogP contribution in [-0.4, -0.2) is 31.3 Å². The first-order valence-corrected chi connectivity index (χ1v) is 6.55. The van der Waals surface area contributed by atoms with Crippen molar-refractivity contribution < 1.29 is 5.11 Å². The van der Waals surface area contributed by atoms with Gasteiger partial charge in [-0.1, -0.05) is 12.1 Å². The van der Waals surface area contributed by atoms with E-state index in [0.29, 0.717) is 0 Å². The lowest BCUT2D eigenvalue weighted by atomic mass is 10.2. The Morgan fingerprint density at radius 3 is 2.47 bits per heavy atom. The highest BCUT2D eigenvalue weighted by Crippen LogP contribution is 2.20. The average molecular weight is 234 g/mol. The minimum Gasteiger partial charge on any atom is -0.396 e. The van der Waals surface area contributed by atoms with Crippen molar-refractivity contribution in [3.63, 3.8) is 0 Å². The van der Waals surface area contributed by atoms with Crippen LogP contribution in [0.4, 0.5) is 5.69 Å². The van der Waals surface area contributed by atoms with E-state index in [0.717, 1.165) is 19.5 Å². The van der Waals surface area contributed by atoms with Crippen molar-refractivity contribution in [2.75, 3.05) is 31.1 Å². The molecule has 1 heterocycles. The van der Waals surface area contributed by atoms with Gasteiger partial charge in [0.25, 0.3) is 0 Å². The van der Waals surface area contributed by atoms with Crippen molar-refractivity contribution in [2.24, 2.45) is 0 Å². The van der Waals surface area contributed by atoms with Crippen LogP contribution in [0.15, 0.2) is 24.3 Å².